The van der Waals surface area contributed by atoms with E-state index in [1.165, 1.54) is 0 Å². The standard InChI is InChI=1S/C13H16N2O2/c1-3-15-10-6-5-7-12(17-4-2)9(10)8-11(15)13(14)16/h5-8H,3-4H2,1-2H3,(H2,14,16). The first-order chi connectivity index (χ1) is 8.19. The highest BCUT2D eigenvalue weighted by Crippen LogP contribution is 2.28. The molecule has 0 aliphatic carbocycles. The Kier molecular flexibility index (Phi) is 3.04. The van der Waals surface area contributed by atoms with Crippen molar-refractivity contribution in [3.63, 3.8) is 0 Å². The van der Waals surface area contributed by atoms with Crippen molar-refractivity contribution in [1.82, 2.24) is 4.57 Å². The number of ether oxygens (including phenoxy) is 1. The third-order valence-corrected chi connectivity index (χ3v) is 2.77. The number of rotatable bonds is 4. The van der Waals surface area contributed by atoms with Crippen LogP contribution in [0, 0.1) is 0 Å². The number of hydrogen-bond donors (Lipinski definition) is 1. The summed E-state index contributed by atoms with van der Waals surface area (Å²) >= 11 is 0. The van der Waals surface area contributed by atoms with Crippen LogP contribution in [0.1, 0.15) is 24.3 Å². The highest BCUT2D eigenvalue weighted by atomic mass is 16.5. The van der Waals surface area contributed by atoms with Gasteiger partial charge in [0.05, 0.1) is 12.1 Å². The molecule has 0 aliphatic heterocycles. The van der Waals surface area contributed by atoms with Gasteiger partial charge in [-0.3, -0.25) is 4.79 Å². The van der Waals surface area contributed by atoms with Crippen molar-refractivity contribution in [1.29, 1.82) is 0 Å². The average molecular weight is 232 g/mol. The minimum absolute atomic E-state index is 0.412. The lowest BCUT2D eigenvalue weighted by Crippen LogP contribution is -2.16. The predicted molar refractivity (Wildman–Crippen MR) is 67.3 cm³/mol. The van der Waals surface area contributed by atoms with Gasteiger partial charge >= 0.3 is 0 Å². The molecule has 0 spiro atoms. The smallest absolute Gasteiger partial charge is 0.265 e. The minimum Gasteiger partial charge on any atom is -0.493 e. The van der Waals surface area contributed by atoms with E-state index in [1.54, 1.807) is 6.07 Å². The van der Waals surface area contributed by atoms with Gasteiger partial charge in [0.15, 0.2) is 0 Å². The number of aromatic nitrogens is 1. The van der Waals surface area contributed by atoms with Gasteiger partial charge in [-0.2, -0.15) is 0 Å². The van der Waals surface area contributed by atoms with Gasteiger partial charge in [-0.25, -0.2) is 0 Å². The predicted octanol–water partition coefficient (Wildman–Crippen LogP) is 2.16. The van der Waals surface area contributed by atoms with E-state index in [-0.39, 0.29) is 0 Å². The summed E-state index contributed by atoms with van der Waals surface area (Å²) in [5.41, 5.74) is 6.88. The van der Waals surface area contributed by atoms with Crippen molar-refractivity contribution < 1.29 is 9.53 Å². The largest absolute Gasteiger partial charge is 0.493 e. The maximum atomic E-state index is 11.4. The molecule has 0 fully saturated rings. The van der Waals surface area contributed by atoms with Crippen molar-refractivity contribution in [3.05, 3.63) is 30.0 Å². The third kappa shape index (κ3) is 1.86. The van der Waals surface area contributed by atoms with E-state index < -0.39 is 5.91 Å². The Bertz CT molecular complexity index is 558. The van der Waals surface area contributed by atoms with Crippen LogP contribution in [0.2, 0.25) is 0 Å². The van der Waals surface area contributed by atoms with E-state index >= 15 is 0 Å². The number of hydrogen-bond acceptors (Lipinski definition) is 2. The molecule has 1 aromatic carbocycles. The number of aryl methyl sites for hydroxylation is 1. The highest BCUT2D eigenvalue weighted by Gasteiger charge is 2.14. The highest BCUT2D eigenvalue weighted by molar-refractivity contribution is 5.99. The Morgan fingerprint density at radius 3 is 2.76 bits per heavy atom. The van der Waals surface area contributed by atoms with Crippen LogP contribution in [-0.4, -0.2) is 17.1 Å². The van der Waals surface area contributed by atoms with Crippen LogP contribution in [0.5, 0.6) is 5.75 Å². The lowest BCUT2D eigenvalue weighted by atomic mass is 10.2. The summed E-state index contributed by atoms with van der Waals surface area (Å²) in [6.07, 6.45) is 0. The van der Waals surface area contributed by atoms with Crippen LogP contribution in [0.25, 0.3) is 10.9 Å². The van der Waals surface area contributed by atoms with E-state index in [2.05, 4.69) is 0 Å². The van der Waals surface area contributed by atoms with E-state index in [9.17, 15) is 4.79 Å². The fourth-order valence-corrected chi connectivity index (χ4v) is 2.08. The molecule has 1 amide bonds. The van der Waals surface area contributed by atoms with Gasteiger partial charge in [0, 0.05) is 11.9 Å². The van der Waals surface area contributed by atoms with Gasteiger partial charge in [0.1, 0.15) is 11.4 Å². The molecule has 1 heterocycles. The summed E-state index contributed by atoms with van der Waals surface area (Å²) in [4.78, 5) is 11.4. The van der Waals surface area contributed by atoms with Crippen LogP contribution < -0.4 is 10.5 Å². The molecule has 0 saturated carbocycles. The summed E-state index contributed by atoms with van der Waals surface area (Å²) in [6, 6.07) is 7.58. The normalized spacial score (nSPS) is 10.7. The second kappa shape index (κ2) is 4.49. The molecule has 4 nitrogen and oxygen atoms in total. The number of amides is 1. The molecule has 17 heavy (non-hydrogen) atoms. The zero-order chi connectivity index (χ0) is 12.4. The minimum atomic E-state index is -0.412. The molecule has 1 aromatic heterocycles. The summed E-state index contributed by atoms with van der Waals surface area (Å²) in [6.45, 7) is 5.23. The maximum absolute atomic E-state index is 11.4. The molecule has 2 aromatic rings. The second-order valence-electron chi connectivity index (χ2n) is 3.76. The second-order valence-corrected chi connectivity index (χ2v) is 3.76. The molecular formula is C13H16N2O2. The van der Waals surface area contributed by atoms with Crippen molar-refractivity contribution >= 4 is 16.8 Å². The van der Waals surface area contributed by atoms with Crippen molar-refractivity contribution in [2.75, 3.05) is 6.61 Å². The molecule has 0 saturated heterocycles. The van der Waals surface area contributed by atoms with Gasteiger partial charge in [-0.1, -0.05) is 6.07 Å². The first-order valence-electron chi connectivity index (χ1n) is 5.73. The van der Waals surface area contributed by atoms with Gasteiger partial charge in [-0.15, -0.1) is 0 Å². The van der Waals surface area contributed by atoms with E-state index in [0.717, 1.165) is 16.7 Å². The zero-order valence-electron chi connectivity index (χ0n) is 10.1. The number of carbonyl (C=O) groups is 1. The maximum Gasteiger partial charge on any atom is 0.265 e. The van der Waals surface area contributed by atoms with Gasteiger partial charge in [-0.05, 0) is 32.0 Å². The molecule has 2 N–H and O–H groups in total. The summed E-state index contributed by atoms with van der Waals surface area (Å²) < 4.78 is 7.45. The number of benzene rings is 1. The third-order valence-electron chi connectivity index (χ3n) is 2.77. The quantitative estimate of drug-likeness (QED) is 0.878. The zero-order valence-corrected chi connectivity index (χ0v) is 10.1. The molecule has 0 unspecified atom stereocenters. The molecule has 0 aliphatic rings. The summed E-state index contributed by atoms with van der Waals surface area (Å²) in [5.74, 6) is 0.380. The lowest BCUT2D eigenvalue weighted by Gasteiger charge is -2.06. The summed E-state index contributed by atoms with van der Waals surface area (Å²) in [7, 11) is 0. The van der Waals surface area contributed by atoms with E-state index in [4.69, 9.17) is 10.5 Å². The van der Waals surface area contributed by atoms with Gasteiger partial charge in [0.25, 0.3) is 5.91 Å². The van der Waals surface area contributed by atoms with E-state index in [0.29, 0.717) is 18.8 Å². The molecule has 4 heteroatoms. The Hall–Kier alpha value is -1.97. The topological polar surface area (TPSA) is 57.2 Å². The Balaban J connectivity index is 2.71. The Morgan fingerprint density at radius 2 is 2.18 bits per heavy atom. The number of nitrogens with two attached hydrogens (primary N) is 1. The lowest BCUT2D eigenvalue weighted by molar-refractivity contribution is 0.0992. The van der Waals surface area contributed by atoms with E-state index in [1.807, 2.05) is 36.6 Å². The summed E-state index contributed by atoms with van der Waals surface area (Å²) in [5, 5.41) is 0.935. The molecule has 0 radical (unpaired) electrons. The fourth-order valence-electron chi connectivity index (χ4n) is 2.08. The first kappa shape index (κ1) is 11.5. The van der Waals surface area contributed by atoms with Gasteiger partial charge in [0.2, 0.25) is 0 Å². The van der Waals surface area contributed by atoms with Crippen LogP contribution in [0.3, 0.4) is 0 Å². The average Bonchev–Trinajstić information content (AvgIpc) is 2.69. The first-order valence-corrected chi connectivity index (χ1v) is 5.73. The van der Waals surface area contributed by atoms with Crippen LogP contribution in [0.4, 0.5) is 0 Å². The van der Waals surface area contributed by atoms with Crippen LogP contribution in [0.15, 0.2) is 24.3 Å². The molecule has 0 bridgehead atoms. The molecule has 0 atom stereocenters. The number of nitrogens with zero attached hydrogens (tertiary/aromatic N) is 1. The van der Waals surface area contributed by atoms with Crippen molar-refractivity contribution in [2.24, 2.45) is 5.73 Å². The van der Waals surface area contributed by atoms with Crippen molar-refractivity contribution in [3.8, 4) is 5.75 Å². The molecular weight excluding hydrogens is 216 g/mol. The monoisotopic (exact) mass is 232 g/mol. The van der Waals surface area contributed by atoms with Gasteiger partial charge < -0.3 is 15.0 Å². The Labute approximate surface area is 100.0 Å². The SMILES string of the molecule is CCOc1cccc2c1cc(C(N)=O)n2CC. The fraction of sp³-hybridized carbons (Fsp3) is 0.308. The molecule has 90 valence electrons. The molecule has 2 rings (SSSR count). The van der Waals surface area contributed by atoms with Crippen molar-refractivity contribution in [2.45, 2.75) is 20.4 Å². The van der Waals surface area contributed by atoms with Crippen LogP contribution >= 0.6 is 0 Å². The number of carbonyl (C=O) groups excluding carboxylic acids is 1. The number of primary amides is 1. The number of fused-ring (bicyclic) bond motifs is 1. The Morgan fingerprint density at radius 1 is 1.41 bits per heavy atom. The van der Waals surface area contributed by atoms with Crippen LogP contribution in [-0.2, 0) is 6.54 Å².